The van der Waals surface area contributed by atoms with E-state index in [0.717, 1.165) is 31.0 Å². The molecule has 0 aromatic carbocycles. The number of hydrogen-bond acceptors (Lipinski definition) is 3. The Kier molecular flexibility index (Phi) is 4.50. The van der Waals surface area contributed by atoms with Crippen LogP contribution in [0.5, 0.6) is 0 Å². The first-order chi connectivity index (χ1) is 6.33. The third kappa shape index (κ3) is 4.06. The molecular formula is C9H15BN2O. The highest BCUT2D eigenvalue weighted by molar-refractivity contribution is 6.30. The molecule has 0 atom stereocenters. The van der Waals surface area contributed by atoms with Crippen molar-refractivity contribution in [2.24, 2.45) is 0 Å². The van der Waals surface area contributed by atoms with E-state index < -0.39 is 0 Å². The van der Waals surface area contributed by atoms with Gasteiger partial charge in [0.1, 0.15) is 0 Å². The van der Waals surface area contributed by atoms with E-state index in [0.29, 0.717) is 0 Å². The Morgan fingerprint density at radius 3 is 3.08 bits per heavy atom. The molecule has 0 saturated carbocycles. The second-order valence-electron chi connectivity index (χ2n) is 2.94. The minimum atomic E-state index is 0.742. The number of rotatable bonds is 5. The third-order valence-corrected chi connectivity index (χ3v) is 1.74. The monoisotopic (exact) mass is 178 g/mol. The molecule has 1 aromatic heterocycles. The second-order valence-corrected chi connectivity index (χ2v) is 2.94. The maximum absolute atomic E-state index is 4.92. The lowest BCUT2D eigenvalue weighted by atomic mass is 10.0. The smallest absolute Gasteiger partial charge is 0.163 e. The van der Waals surface area contributed by atoms with Crippen LogP contribution in [0, 0.1) is 0 Å². The average Bonchev–Trinajstić information content (AvgIpc) is 2.13. The van der Waals surface area contributed by atoms with E-state index in [4.69, 9.17) is 4.74 Å². The van der Waals surface area contributed by atoms with E-state index in [9.17, 15) is 0 Å². The van der Waals surface area contributed by atoms with Gasteiger partial charge in [-0.15, -0.1) is 0 Å². The van der Waals surface area contributed by atoms with Crippen LogP contribution in [0.2, 0.25) is 0 Å². The van der Waals surface area contributed by atoms with Crippen molar-refractivity contribution in [2.75, 3.05) is 20.3 Å². The molecular weight excluding hydrogens is 163 g/mol. The lowest BCUT2D eigenvalue weighted by molar-refractivity contribution is 0.199. The Morgan fingerprint density at radius 1 is 1.54 bits per heavy atom. The Morgan fingerprint density at radius 2 is 2.38 bits per heavy atom. The summed E-state index contributed by atoms with van der Waals surface area (Å²) in [5.41, 5.74) is 2.14. The standard InChI is InChI=1S/C9H15BN2O/c1-13-6-5-11-7-8-3-2-4-9(10)12-8/h2-4,11H,5-7,10H2,1H3. The fraction of sp³-hybridized carbons (Fsp3) is 0.444. The Labute approximate surface area is 79.9 Å². The number of pyridine rings is 1. The van der Waals surface area contributed by atoms with Gasteiger partial charge in [0, 0.05) is 20.2 Å². The molecule has 0 aliphatic rings. The van der Waals surface area contributed by atoms with Crippen molar-refractivity contribution in [1.29, 1.82) is 0 Å². The van der Waals surface area contributed by atoms with Crippen molar-refractivity contribution in [2.45, 2.75) is 6.54 Å². The molecule has 1 rings (SSSR count). The van der Waals surface area contributed by atoms with Crippen molar-refractivity contribution in [1.82, 2.24) is 10.3 Å². The number of nitrogens with one attached hydrogen (secondary N) is 1. The molecule has 0 radical (unpaired) electrons. The van der Waals surface area contributed by atoms with Gasteiger partial charge in [-0.05, 0) is 11.7 Å². The van der Waals surface area contributed by atoms with Crippen LogP contribution in [0.1, 0.15) is 5.69 Å². The van der Waals surface area contributed by atoms with Crippen molar-refractivity contribution < 1.29 is 4.74 Å². The number of methoxy groups -OCH3 is 1. The summed E-state index contributed by atoms with van der Waals surface area (Å²) in [7, 11) is 3.70. The predicted octanol–water partition coefficient (Wildman–Crippen LogP) is -0.924. The molecule has 1 N–H and O–H groups in total. The van der Waals surface area contributed by atoms with Crippen LogP contribution < -0.4 is 10.9 Å². The fourth-order valence-electron chi connectivity index (χ4n) is 1.09. The molecule has 70 valence electrons. The molecule has 0 amide bonds. The second kappa shape index (κ2) is 5.72. The van der Waals surface area contributed by atoms with Crippen molar-refractivity contribution in [3.63, 3.8) is 0 Å². The van der Waals surface area contributed by atoms with E-state index in [1.54, 1.807) is 7.11 Å². The topological polar surface area (TPSA) is 34.1 Å². The molecule has 1 aromatic rings. The van der Waals surface area contributed by atoms with E-state index >= 15 is 0 Å². The lowest BCUT2D eigenvalue weighted by Gasteiger charge is -2.03. The van der Waals surface area contributed by atoms with E-state index in [-0.39, 0.29) is 0 Å². The minimum Gasteiger partial charge on any atom is -0.383 e. The summed E-state index contributed by atoms with van der Waals surface area (Å²) in [5, 5.41) is 3.24. The maximum atomic E-state index is 4.92. The minimum absolute atomic E-state index is 0.742. The van der Waals surface area contributed by atoms with Crippen molar-refractivity contribution in [3.05, 3.63) is 23.9 Å². The Hall–Kier alpha value is -0.865. The van der Waals surface area contributed by atoms with Crippen LogP contribution in [0.4, 0.5) is 0 Å². The van der Waals surface area contributed by atoms with Crippen molar-refractivity contribution >= 4 is 13.4 Å². The van der Waals surface area contributed by atoms with Crippen LogP contribution in [0.15, 0.2) is 18.2 Å². The van der Waals surface area contributed by atoms with Crippen LogP contribution in [-0.4, -0.2) is 33.1 Å². The van der Waals surface area contributed by atoms with Crippen LogP contribution in [0.3, 0.4) is 0 Å². The highest BCUT2D eigenvalue weighted by Crippen LogP contribution is 1.89. The number of hydrogen-bond donors (Lipinski definition) is 1. The molecule has 0 saturated heterocycles. The molecule has 0 bridgehead atoms. The van der Waals surface area contributed by atoms with Gasteiger partial charge < -0.3 is 10.1 Å². The zero-order chi connectivity index (χ0) is 9.52. The van der Waals surface area contributed by atoms with Gasteiger partial charge in [-0.3, -0.25) is 4.98 Å². The summed E-state index contributed by atoms with van der Waals surface area (Å²) in [6.45, 7) is 2.42. The van der Waals surface area contributed by atoms with Gasteiger partial charge in [0.2, 0.25) is 0 Å². The van der Waals surface area contributed by atoms with E-state index in [2.05, 4.69) is 10.3 Å². The van der Waals surface area contributed by atoms with E-state index in [1.807, 2.05) is 26.0 Å². The first-order valence-corrected chi connectivity index (χ1v) is 4.45. The zero-order valence-corrected chi connectivity index (χ0v) is 8.21. The van der Waals surface area contributed by atoms with Crippen molar-refractivity contribution in [3.8, 4) is 0 Å². The number of aromatic nitrogens is 1. The quantitative estimate of drug-likeness (QED) is 0.467. The molecule has 13 heavy (non-hydrogen) atoms. The summed E-state index contributed by atoms with van der Waals surface area (Å²) >= 11 is 0. The summed E-state index contributed by atoms with van der Waals surface area (Å²) in [5.74, 6) is 0. The largest absolute Gasteiger partial charge is 0.383 e. The van der Waals surface area contributed by atoms with Gasteiger partial charge in [-0.1, -0.05) is 12.1 Å². The number of ether oxygens (including phenoxy) is 1. The first kappa shape index (κ1) is 10.2. The van der Waals surface area contributed by atoms with Gasteiger partial charge in [-0.25, -0.2) is 0 Å². The highest BCUT2D eigenvalue weighted by atomic mass is 16.5. The zero-order valence-electron chi connectivity index (χ0n) is 8.21. The van der Waals surface area contributed by atoms with Crippen LogP contribution in [-0.2, 0) is 11.3 Å². The van der Waals surface area contributed by atoms with E-state index in [1.165, 1.54) is 0 Å². The van der Waals surface area contributed by atoms with Gasteiger partial charge in [0.15, 0.2) is 7.85 Å². The Balaban J connectivity index is 2.28. The lowest BCUT2D eigenvalue weighted by Crippen LogP contribution is -2.21. The number of nitrogens with zero attached hydrogens (tertiary/aromatic N) is 1. The maximum Gasteiger partial charge on any atom is 0.163 e. The SMILES string of the molecule is Bc1cccc(CNCCOC)n1. The highest BCUT2D eigenvalue weighted by Gasteiger charge is 1.93. The molecule has 0 aliphatic heterocycles. The Bertz CT molecular complexity index is 255. The van der Waals surface area contributed by atoms with Gasteiger partial charge in [0.25, 0.3) is 0 Å². The average molecular weight is 178 g/mol. The summed E-state index contributed by atoms with van der Waals surface area (Å²) in [6, 6.07) is 6.04. The molecule has 0 unspecified atom stereocenters. The predicted molar refractivity (Wildman–Crippen MR) is 56.0 cm³/mol. The molecule has 1 heterocycles. The first-order valence-electron chi connectivity index (χ1n) is 4.45. The van der Waals surface area contributed by atoms with Crippen LogP contribution >= 0.6 is 0 Å². The molecule has 0 spiro atoms. The van der Waals surface area contributed by atoms with Gasteiger partial charge in [0.05, 0.1) is 12.3 Å². The van der Waals surface area contributed by atoms with Gasteiger partial charge in [-0.2, -0.15) is 0 Å². The molecule has 0 fully saturated rings. The summed E-state index contributed by atoms with van der Waals surface area (Å²) < 4.78 is 4.92. The fourth-order valence-corrected chi connectivity index (χ4v) is 1.09. The molecule has 4 heteroatoms. The van der Waals surface area contributed by atoms with Gasteiger partial charge >= 0.3 is 0 Å². The normalized spacial score (nSPS) is 10.2. The summed E-state index contributed by atoms with van der Waals surface area (Å²) in [4.78, 5) is 4.37. The van der Waals surface area contributed by atoms with Crippen LogP contribution in [0.25, 0.3) is 0 Å². The molecule has 3 nitrogen and oxygen atoms in total. The summed E-state index contributed by atoms with van der Waals surface area (Å²) in [6.07, 6.45) is 0. The third-order valence-electron chi connectivity index (χ3n) is 1.74. The molecule has 0 aliphatic carbocycles.